The lowest BCUT2D eigenvalue weighted by Gasteiger charge is -2.09. The van der Waals surface area contributed by atoms with Gasteiger partial charge in [-0.1, -0.05) is 29.8 Å². The number of imidazole rings is 1. The van der Waals surface area contributed by atoms with Crippen molar-refractivity contribution in [1.82, 2.24) is 14.4 Å². The molecule has 2 amide bonds. The topological polar surface area (TPSA) is 71.3 Å². The van der Waals surface area contributed by atoms with Gasteiger partial charge in [-0.2, -0.15) is 0 Å². The number of nitrogens with zero attached hydrogens (tertiary/aromatic N) is 3. The predicted octanol–water partition coefficient (Wildman–Crippen LogP) is 5.00. The third-order valence-corrected chi connectivity index (χ3v) is 4.51. The minimum absolute atomic E-state index is 0.334. The number of aryl methyl sites for hydroxylation is 1. The Morgan fingerprint density at radius 3 is 2.56 bits per heavy atom. The number of rotatable bonds is 3. The van der Waals surface area contributed by atoms with Gasteiger partial charge in [-0.3, -0.25) is 4.40 Å². The number of amides is 2. The molecule has 0 fully saturated rings. The van der Waals surface area contributed by atoms with E-state index in [9.17, 15) is 4.79 Å². The normalized spacial score (nSPS) is 10.7. The number of benzene rings is 2. The molecule has 0 atom stereocenters. The lowest BCUT2D eigenvalue weighted by Crippen LogP contribution is -2.19. The fourth-order valence-electron chi connectivity index (χ4n) is 2.66. The molecule has 0 aliphatic carbocycles. The molecule has 0 bridgehead atoms. The summed E-state index contributed by atoms with van der Waals surface area (Å²) < 4.78 is 1.86. The van der Waals surface area contributed by atoms with Gasteiger partial charge in [-0.05, 0) is 42.8 Å². The summed E-state index contributed by atoms with van der Waals surface area (Å²) in [5.41, 5.74) is 4.03. The number of anilines is 2. The predicted molar refractivity (Wildman–Crippen MR) is 107 cm³/mol. The molecular weight excluding hydrogens is 362 g/mol. The van der Waals surface area contributed by atoms with Gasteiger partial charge in [0.25, 0.3) is 0 Å². The summed E-state index contributed by atoms with van der Waals surface area (Å²) in [5.74, 6) is 0.644. The molecule has 2 N–H and O–H groups in total. The van der Waals surface area contributed by atoms with Crippen LogP contribution in [0.4, 0.5) is 16.2 Å². The molecule has 27 heavy (non-hydrogen) atoms. The Balaban J connectivity index is 1.45. The maximum atomic E-state index is 12.2. The van der Waals surface area contributed by atoms with E-state index in [-0.39, 0.29) is 6.03 Å². The molecule has 6 nitrogen and oxygen atoms in total. The Labute approximate surface area is 160 Å². The second-order valence-corrected chi connectivity index (χ2v) is 6.48. The third kappa shape index (κ3) is 3.75. The van der Waals surface area contributed by atoms with E-state index in [1.54, 1.807) is 18.3 Å². The Hall–Kier alpha value is -3.38. The first-order valence-electron chi connectivity index (χ1n) is 8.33. The van der Waals surface area contributed by atoms with Crippen molar-refractivity contribution in [3.8, 4) is 11.3 Å². The summed E-state index contributed by atoms with van der Waals surface area (Å²) in [6.45, 7) is 1.91. The van der Waals surface area contributed by atoms with Gasteiger partial charge >= 0.3 is 6.03 Å². The van der Waals surface area contributed by atoms with E-state index >= 15 is 0 Å². The summed E-state index contributed by atoms with van der Waals surface area (Å²) in [4.78, 5) is 20.9. The van der Waals surface area contributed by atoms with Crippen LogP contribution >= 0.6 is 11.6 Å². The summed E-state index contributed by atoms with van der Waals surface area (Å²) in [6, 6.07) is 14.4. The number of urea groups is 1. The number of hydrogen-bond acceptors (Lipinski definition) is 3. The Morgan fingerprint density at radius 2 is 1.81 bits per heavy atom. The minimum Gasteiger partial charge on any atom is -0.308 e. The van der Waals surface area contributed by atoms with E-state index in [1.165, 1.54) is 0 Å². The van der Waals surface area contributed by atoms with E-state index in [4.69, 9.17) is 11.6 Å². The number of carbonyl (C=O) groups excluding carboxylic acids is 1. The average Bonchev–Trinajstić information content (AvgIpc) is 3.09. The first-order valence-corrected chi connectivity index (χ1v) is 8.70. The number of hydrogen-bond donors (Lipinski definition) is 2. The van der Waals surface area contributed by atoms with Crippen molar-refractivity contribution in [2.24, 2.45) is 0 Å². The first-order chi connectivity index (χ1) is 13.1. The van der Waals surface area contributed by atoms with E-state index < -0.39 is 0 Å². The van der Waals surface area contributed by atoms with Crippen molar-refractivity contribution in [1.29, 1.82) is 0 Å². The van der Waals surface area contributed by atoms with E-state index in [0.717, 1.165) is 16.8 Å². The van der Waals surface area contributed by atoms with Crippen molar-refractivity contribution in [3.05, 3.63) is 77.7 Å². The third-order valence-electron chi connectivity index (χ3n) is 4.10. The maximum Gasteiger partial charge on any atom is 0.323 e. The summed E-state index contributed by atoms with van der Waals surface area (Å²) in [6.07, 6.45) is 5.52. The fourth-order valence-corrected chi connectivity index (χ4v) is 2.84. The monoisotopic (exact) mass is 377 g/mol. The van der Waals surface area contributed by atoms with E-state index in [2.05, 4.69) is 20.6 Å². The molecule has 0 aliphatic rings. The van der Waals surface area contributed by atoms with Crippen molar-refractivity contribution in [3.63, 3.8) is 0 Å². The molecule has 134 valence electrons. The van der Waals surface area contributed by atoms with Crippen molar-refractivity contribution in [2.75, 3.05) is 10.6 Å². The van der Waals surface area contributed by atoms with Gasteiger partial charge in [0.2, 0.25) is 5.78 Å². The second-order valence-electron chi connectivity index (χ2n) is 6.07. The summed E-state index contributed by atoms with van der Waals surface area (Å²) in [5, 5.41) is 6.17. The number of nitrogens with one attached hydrogen (secondary N) is 2. The van der Waals surface area contributed by atoms with Crippen LogP contribution in [-0.2, 0) is 0 Å². The fraction of sp³-hybridized carbons (Fsp3) is 0.0500. The Bertz CT molecular complexity index is 1090. The lowest BCUT2D eigenvalue weighted by molar-refractivity contribution is 0.262. The zero-order chi connectivity index (χ0) is 18.8. The molecule has 0 radical (unpaired) electrons. The highest BCUT2D eigenvalue weighted by atomic mass is 35.5. The molecule has 4 aromatic rings. The zero-order valence-corrected chi connectivity index (χ0v) is 15.2. The molecule has 4 rings (SSSR count). The average molecular weight is 378 g/mol. The van der Waals surface area contributed by atoms with Crippen molar-refractivity contribution in [2.45, 2.75) is 6.92 Å². The molecule has 7 heteroatoms. The minimum atomic E-state index is -0.334. The quantitative estimate of drug-likeness (QED) is 0.527. The largest absolute Gasteiger partial charge is 0.323 e. The molecule has 2 aromatic heterocycles. The van der Waals surface area contributed by atoms with Crippen LogP contribution in [0.25, 0.3) is 17.0 Å². The van der Waals surface area contributed by atoms with Crippen LogP contribution in [0.5, 0.6) is 0 Å². The molecule has 0 unspecified atom stereocenters. The number of fused-ring (bicyclic) bond motifs is 1. The number of halogens is 1. The number of aromatic nitrogens is 3. The van der Waals surface area contributed by atoms with Gasteiger partial charge in [0.05, 0.1) is 5.69 Å². The standard InChI is InChI=1S/C20H16ClN5O/c1-13-3-6-16(11-17(13)21)24-20(27)23-15-7-4-14(5-8-15)18-12-26-10-2-9-22-19(26)25-18/h2-12H,1H3,(H2,23,24,27). The van der Waals surface area contributed by atoms with Crippen LogP contribution in [0.3, 0.4) is 0 Å². The van der Waals surface area contributed by atoms with Gasteiger partial charge in [-0.15, -0.1) is 0 Å². The lowest BCUT2D eigenvalue weighted by atomic mass is 10.1. The van der Waals surface area contributed by atoms with E-state index in [0.29, 0.717) is 22.2 Å². The van der Waals surface area contributed by atoms with Crippen LogP contribution in [0.1, 0.15) is 5.56 Å². The van der Waals surface area contributed by atoms with Gasteiger partial charge in [0.1, 0.15) is 0 Å². The van der Waals surface area contributed by atoms with Crippen LogP contribution < -0.4 is 10.6 Å². The summed E-state index contributed by atoms with van der Waals surface area (Å²) >= 11 is 6.08. The van der Waals surface area contributed by atoms with Gasteiger partial charge < -0.3 is 10.6 Å². The maximum absolute atomic E-state index is 12.2. The van der Waals surface area contributed by atoms with Crippen molar-refractivity contribution < 1.29 is 4.79 Å². The Kier molecular flexibility index (Phi) is 4.48. The van der Waals surface area contributed by atoms with Gasteiger partial charge in [0.15, 0.2) is 0 Å². The van der Waals surface area contributed by atoms with Gasteiger partial charge in [-0.25, -0.2) is 14.8 Å². The Morgan fingerprint density at radius 1 is 1.07 bits per heavy atom. The van der Waals surface area contributed by atoms with Crippen molar-refractivity contribution >= 4 is 34.8 Å². The van der Waals surface area contributed by atoms with Crippen LogP contribution in [0, 0.1) is 6.92 Å². The smallest absolute Gasteiger partial charge is 0.308 e. The van der Waals surface area contributed by atoms with Crippen LogP contribution in [-0.4, -0.2) is 20.4 Å². The zero-order valence-electron chi connectivity index (χ0n) is 14.5. The summed E-state index contributed by atoms with van der Waals surface area (Å²) in [7, 11) is 0. The van der Waals surface area contributed by atoms with Gasteiger partial charge in [0, 0.05) is 40.6 Å². The highest BCUT2D eigenvalue weighted by molar-refractivity contribution is 6.31. The molecule has 0 aliphatic heterocycles. The highest BCUT2D eigenvalue weighted by Gasteiger charge is 2.07. The van der Waals surface area contributed by atoms with Crippen LogP contribution in [0.2, 0.25) is 5.02 Å². The molecule has 2 heterocycles. The first kappa shape index (κ1) is 17.1. The molecule has 2 aromatic carbocycles. The van der Waals surface area contributed by atoms with Crippen LogP contribution in [0.15, 0.2) is 67.1 Å². The number of carbonyl (C=O) groups is 1. The van der Waals surface area contributed by atoms with E-state index in [1.807, 2.05) is 60.1 Å². The SMILES string of the molecule is Cc1ccc(NC(=O)Nc2ccc(-c3cn4cccnc4n3)cc2)cc1Cl. The second kappa shape index (κ2) is 7.09. The molecule has 0 spiro atoms. The molecular formula is C20H16ClN5O. The molecule has 0 saturated carbocycles. The molecule has 0 saturated heterocycles. The highest BCUT2D eigenvalue weighted by Crippen LogP contribution is 2.22.